The summed E-state index contributed by atoms with van der Waals surface area (Å²) in [6, 6.07) is 12.8. The summed E-state index contributed by atoms with van der Waals surface area (Å²) < 4.78 is 39.0. The van der Waals surface area contributed by atoms with Crippen LogP contribution in [0.1, 0.15) is 30.0 Å². The summed E-state index contributed by atoms with van der Waals surface area (Å²) in [5, 5.41) is 0. The molecular formula is C19H21NO4S. The Kier molecular flexibility index (Phi) is 4.17. The minimum Gasteiger partial charge on any atom is -0.490 e. The second-order valence-corrected chi connectivity index (χ2v) is 8.43. The van der Waals surface area contributed by atoms with Crippen LogP contribution in [-0.2, 0) is 16.4 Å². The van der Waals surface area contributed by atoms with Gasteiger partial charge in [-0.25, -0.2) is 8.42 Å². The molecule has 0 N–H and O–H groups in total. The van der Waals surface area contributed by atoms with Crippen molar-refractivity contribution < 1.29 is 17.9 Å². The number of fused-ring (bicyclic) bond motifs is 2. The number of ether oxygens (including phenoxy) is 2. The van der Waals surface area contributed by atoms with E-state index in [1.54, 1.807) is 25.2 Å². The Morgan fingerprint density at radius 1 is 1.04 bits per heavy atom. The molecule has 5 nitrogen and oxygen atoms in total. The van der Waals surface area contributed by atoms with Crippen molar-refractivity contribution >= 4 is 10.0 Å². The lowest BCUT2D eigenvalue weighted by Gasteiger charge is -2.25. The summed E-state index contributed by atoms with van der Waals surface area (Å²) in [7, 11) is -1.95. The first kappa shape index (κ1) is 16.4. The molecule has 2 aromatic carbocycles. The summed E-state index contributed by atoms with van der Waals surface area (Å²) in [6.45, 7) is 1.11. The Labute approximate surface area is 148 Å². The van der Waals surface area contributed by atoms with Gasteiger partial charge in [-0.15, -0.1) is 0 Å². The van der Waals surface area contributed by atoms with E-state index in [0.29, 0.717) is 24.7 Å². The normalized spacial score (nSPS) is 19.5. The summed E-state index contributed by atoms with van der Waals surface area (Å²) in [4.78, 5) is 0.239. The van der Waals surface area contributed by atoms with Gasteiger partial charge in [-0.3, -0.25) is 0 Å². The molecule has 2 aliphatic rings. The molecule has 1 aliphatic carbocycles. The van der Waals surface area contributed by atoms with Crippen molar-refractivity contribution in [3.05, 3.63) is 53.6 Å². The monoisotopic (exact) mass is 359 g/mol. The third-order valence-electron chi connectivity index (χ3n) is 4.94. The molecular weight excluding hydrogens is 338 g/mol. The zero-order valence-corrected chi connectivity index (χ0v) is 15.0. The van der Waals surface area contributed by atoms with E-state index in [0.717, 1.165) is 24.8 Å². The molecule has 132 valence electrons. The van der Waals surface area contributed by atoms with Gasteiger partial charge in [0.2, 0.25) is 10.0 Å². The Balaban J connectivity index is 1.67. The van der Waals surface area contributed by atoms with Crippen molar-refractivity contribution in [3.8, 4) is 11.5 Å². The maximum Gasteiger partial charge on any atom is 0.243 e. The lowest BCUT2D eigenvalue weighted by Crippen LogP contribution is -2.30. The van der Waals surface area contributed by atoms with E-state index in [9.17, 15) is 8.42 Å². The van der Waals surface area contributed by atoms with E-state index < -0.39 is 10.0 Å². The van der Waals surface area contributed by atoms with Crippen LogP contribution in [0.2, 0.25) is 0 Å². The third-order valence-corrected chi connectivity index (χ3v) is 6.80. The predicted molar refractivity (Wildman–Crippen MR) is 94.5 cm³/mol. The second kappa shape index (κ2) is 6.35. The Morgan fingerprint density at radius 2 is 1.80 bits per heavy atom. The van der Waals surface area contributed by atoms with Crippen LogP contribution < -0.4 is 9.47 Å². The van der Waals surface area contributed by atoms with Crippen LogP contribution in [0.25, 0.3) is 0 Å². The van der Waals surface area contributed by atoms with E-state index in [1.165, 1.54) is 9.87 Å². The molecule has 2 aromatic rings. The van der Waals surface area contributed by atoms with Crippen LogP contribution in [0.5, 0.6) is 11.5 Å². The standard InChI is InChI=1S/C19H21NO4S/c1-20(17-9-7-14-5-2-3-6-16(14)17)25(21,22)15-8-10-18-19(13-15)24-12-4-11-23-18/h2-3,5-6,8,10,13,17H,4,7,9,11-12H2,1H3/t17-/m0/s1. The summed E-state index contributed by atoms with van der Waals surface area (Å²) >= 11 is 0. The van der Waals surface area contributed by atoms with Gasteiger partial charge in [-0.1, -0.05) is 24.3 Å². The Hall–Kier alpha value is -2.05. The van der Waals surface area contributed by atoms with E-state index in [-0.39, 0.29) is 10.9 Å². The SMILES string of the molecule is CN([C@H]1CCc2ccccc21)S(=O)(=O)c1ccc2c(c1)OCCCO2. The van der Waals surface area contributed by atoms with Crippen LogP contribution in [0.4, 0.5) is 0 Å². The van der Waals surface area contributed by atoms with Gasteiger partial charge in [0, 0.05) is 19.5 Å². The van der Waals surface area contributed by atoms with Crippen molar-refractivity contribution in [2.75, 3.05) is 20.3 Å². The summed E-state index contributed by atoms with van der Waals surface area (Å²) in [5.41, 5.74) is 2.33. The predicted octanol–water partition coefficient (Wildman–Crippen LogP) is 3.16. The van der Waals surface area contributed by atoms with E-state index in [1.807, 2.05) is 18.2 Å². The average Bonchev–Trinajstić information content (AvgIpc) is 2.90. The van der Waals surface area contributed by atoms with E-state index in [2.05, 4.69) is 6.07 Å². The highest BCUT2D eigenvalue weighted by molar-refractivity contribution is 7.89. The van der Waals surface area contributed by atoms with Gasteiger partial charge >= 0.3 is 0 Å². The summed E-state index contributed by atoms with van der Waals surface area (Å²) in [6.07, 6.45) is 2.50. The number of hydrogen-bond donors (Lipinski definition) is 0. The van der Waals surface area contributed by atoms with Gasteiger partial charge < -0.3 is 9.47 Å². The number of sulfonamides is 1. The van der Waals surface area contributed by atoms with Crippen LogP contribution in [0.15, 0.2) is 47.4 Å². The first-order chi connectivity index (χ1) is 12.1. The molecule has 0 unspecified atom stereocenters. The molecule has 0 fully saturated rings. The van der Waals surface area contributed by atoms with Gasteiger partial charge in [0.15, 0.2) is 11.5 Å². The second-order valence-electron chi connectivity index (χ2n) is 6.43. The minimum atomic E-state index is -3.61. The fourth-order valence-corrected chi connectivity index (χ4v) is 4.93. The molecule has 25 heavy (non-hydrogen) atoms. The number of hydrogen-bond acceptors (Lipinski definition) is 4. The molecule has 0 saturated heterocycles. The van der Waals surface area contributed by atoms with Crippen LogP contribution in [0, 0.1) is 0 Å². The highest BCUT2D eigenvalue weighted by atomic mass is 32.2. The fraction of sp³-hybridized carbons (Fsp3) is 0.368. The topological polar surface area (TPSA) is 55.8 Å². The molecule has 0 bridgehead atoms. The molecule has 1 heterocycles. The van der Waals surface area contributed by atoms with Crippen molar-refractivity contribution in [2.24, 2.45) is 0 Å². The summed E-state index contributed by atoms with van der Waals surface area (Å²) in [5.74, 6) is 1.10. The van der Waals surface area contributed by atoms with Gasteiger partial charge in [0.25, 0.3) is 0 Å². The molecule has 0 spiro atoms. The van der Waals surface area contributed by atoms with Crippen LogP contribution >= 0.6 is 0 Å². The molecule has 1 atom stereocenters. The number of aryl methyl sites for hydroxylation is 1. The zero-order chi connectivity index (χ0) is 17.4. The molecule has 1 aliphatic heterocycles. The van der Waals surface area contributed by atoms with Crippen LogP contribution in [0.3, 0.4) is 0 Å². The minimum absolute atomic E-state index is 0.128. The van der Waals surface area contributed by atoms with Crippen molar-refractivity contribution in [2.45, 2.75) is 30.2 Å². The number of benzene rings is 2. The third kappa shape index (κ3) is 2.89. The fourth-order valence-electron chi connectivity index (χ4n) is 3.55. The molecule has 4 rings (SSSR count). The quantitative estimate of drug-likeness (QED) is 0.845. The van der Waals surface area contributed by atoms with Gasteiger partial charge in [0.1, 0.15) is 0 Å². The van der Waals surface area contributed by atoms with Gasteiger partial charge in [-0.2, -0.15) is 4.31 Å². The highest BCUT2D eigenvalue weighted by Crippen LogP contribution is 2.39. The average molecular weight is 359 g/mol. The zero-order valence-electron chi connectivity index (χ0n) is 14.1. The van der Waals surface area contributed by atoms with Crippen molar-refractivity contribution in [1.29, 1.82) is 0 Å². The number of nitrogens with zero attached hydrogens (tertiary/aromatic N) is 1. The largest absolute Gasteiger partial charge is 0.490 e. The Morgan fingerprint density at radius 3 is 2.64 bits per heavy atom. The molecule has 6 heteroatoms. The molecule has 0 aromatic heterocycles. The van der Waals surface area contributed by atoms with Gasteiger partial charge in [-0.05, 0) is 36.1 Å². The molecule has 0 saturated carbocycles. The van der Waals surface area contributed by atoms with Gasteiger partial charge in [0.05, 0.1) is 24.2 Å². The first-order valence-electron chi connectivity index (χ1n) is 8.53. The Bertz CT molecular complexity index is 894. The molecule has 0 radical (unpaired) electrons. The maximum atomic E-state index is 13.1. The molecule has 0 amide bonds. The number of rotatable bonds is 3. The first-order valence-corrected chi connectivity index (χ1v) is 9.97. The van der Waals surface area contributed by atoms with Crippen molar-refractivity contribution in [3.63, 3.8) is 0 Å². The van der Waals surface area contributed by atoms with E-state index >= 15 is 0 Å². The van der Waals surface area contributed by atoms with Crippen molar-refractivity contribution in [1.82, 2.24) is 4.31 Å². The lowest BCUT2D eigenvalue weighted by atomic mass is 10.1. The highest BCUT2D eigenvalue weighted by Gasteiger charge is 2.33. The van der Waals surface area contributed by atoms with Crippen LogP contribution in [-0.4, -0.2) is 33.0 Å². The lowest BCUT2D eigenvalue weighted by molar-refractivity contribution is 0.296. The maximum absolute atomic E-state index is 13.1. The smallest absolute Gasteiger partial charge is 0.243 e. The van der Waals surface area contributed by atoms with E-state index in [4.69, 9.17) is 9.47 Å².